The number of hydrogen-bond acceptors (Lipinski definition) is 4. The minimum absolute atomic E-state index is 0.128. The lowest BCUT2D eigenvalue weighted by Gasteiger charge is -2.07. The van der Waals surface area contributed by atoms with Crippen LogP contribution in [0.4, 0.5) is 5.69 Å². The monoisotopic (exact) mass is 336 g/mol. The summed E-state index contributed by atoms with van der Waals surface area (Å²) in [5.41, 5.74) is 1.13. The van der Waals surface area contributed by atoms with Crippen LogP contribution in [-0.2, 0) is 9.53 Å². The fraction of sp³-hybridized carbons (Fsp3) is 0.105. The number of Topliss-reactive ketones (excluding diaryl/α,β-unsaturated/α-hetero) is 1. The molecular formula is C19H16N2O4. The summed E-state index contributed by atoms with van der Waals surface area (Å²) in [7, 11) is 0. The lowest BCUT2D eigenvalue weighted by Crippen LogP contribution is -2.21. The van der Waals surface area contributed by atoms with Gasteiger partial charge >= 0.3 is 5.97 Å². The highest BCUT2D eigenvalue weighted by molar-refractivity contribution is 5.99. The third kappa shape index (κ3) is 3.92. The first-order chi connectivity index (χ1) is 12.0. The summed E-state index contributed by atoms with van der Waals surface area (Å²) < 4.78 is 4.95. The van der Waals surface area contributed by atoms with Crippen LogP contribution in [0, 0.1) is 0 Å². The summed E-state index contributed by atoms with van der Waals surface area (Å²) in [6.45, 7) is 0.982. The van der Waals surface area contributed by atoms with E-state index in [-0.39, 0.29) is 11.5 Å². The molecule has 0 spiro atoms. The smallest absolute Gasteiger partial charge is 0.355 e. The number of aromatic amines is 1. The van der Waals surface area contributed by atoms with Gasteiger partial charge in [-0.1, -0.05) is 30.3 Å². The molecule has 3 rings (SSSR count). The quantitative estimate of drug-likeness (QED) is 0.553. The maximum atomic E-state index is 11.9. The Hall–Kier alpha value is -3.41. The molecule has 6 nitrogen and oxygen atoms in total. The number of nitrogens with one attached hydrogen (secondary N) is 2. The van der Waals surface area contributed by atoms with Crippen LogP contribution in [0.5, 0.6) is 0 Å². The third-order valence-corrected chi connectivity index (χ3v) is 3.68. The zero-order chi connectivity index (χ0) is 17.8. The van der Waals surface area contributed by atoms with E-state index in [1.54, 1.807) is 6.07 Å². The number of H-pyrrole nitrogens is 1. The standard InChI is InChI=1S/C19H16N2O4/c1-12(22)15-9-17(20-10-15)19(24)25-11-18(23)21-16-7-6-13-4-2-3-5-14(13)8-16/h2-10,20H,11H2,1H3,(H,21,23). The molecule has 0 bridgehead atoms. The van der Waals surface area contributed by atoms with E-state index >= 15 is 0 Å². The van der Waals surface area contributed by atoms with Crippen molar-refractivity contribution < 1.29 is 19.1 Å². The predicted octanol–water partition coefficient (Wildman–Crippen LogP) is 3.17. The highest BCUT2D eigenvalue weighted by Gasteiger charge is 2.14. The van der Waals surface area contributed by atoms with Gasteiger partial charge in [-0.3, -0.25) is 9.59 Å². The van der Waals surface area contributed by atoms with E-state index in [9.17, 15) is 14.4 Å². The average Bonchev–Trinajstić information content (AvgIpc) is 3.10. The number of carbonyl (C=O) groups excluding carboxylic acids is 3. The van der Waals surface area contributed by atoms with Gasteiger partial charge in [-0.25, -0.2) is 4.79 Å². The summed E-state index contributed by atoms with van der Waals surface area (Å²) in [5, 5.41) is 4.75. The molecule has 1 heterocycles. The number of aromatic nitrogens is 1. The van der Waals surface area contributed by atoms with Crippen LogP contribution in [-0.4, -0.2) is 29.3 Å². The molecule has 0 saturated heterocycles. The molecule has 0 radical (unpaired) electrons. The predicted molar refractivity (Wildman–Crippen MR) is 93.7 cm³/mol. The van der Waals surface area contributed by atoms with E-state index in [2.05, 4.69) is 10.3 Å². The van der Waals surface area contributed by atoms with Gasteiger partial charge in [0.25, 0.3) is 5.91 Å². The van der Waals surface area contributed by atoms with Crippen LogP contribution < -0.4 is 5.32 Å². The van der Waals surface area contributed by atoms with Crippen LogP contribution in [0.1, 0.15) is 27.8 Å². The van der Waals surface area contributed by atoms with E-state index < -0.39 is 18.5 Å². The van der Waals surface area contributed by atoms with Gasteiger partial charge in [0.05, 0.1) is 0 Å². The number of ketones is 1. The van der Waals surface area contributed by atoms with Gasteiger partial charge in [0.1, 0.15) is 5.69 Å². The highest BCUT2D eigenvalue weighted by Crippen LogP contribution is 2.18. The molecule has 2 N–H and O–H groups in total. The fourth-order valence-electron chi connectivity index (χ4n) is 2.39. The molecule has 25 heavy (non-hydrogen) atoms. The van der Waals surface area contributed by atoms with Crippen LogP contribution in [0.15, 0.2) is 54.7 Å². The van der Waals surface area contributed by atoms with Gasteiger partial charge in [0.2, 0.25) is 0 Å². The first-order valence-corrected chi connectivity index (χ1v) is 7.68. The van der Waals surface area contributed by atoms with Gasteiger partial charge in [-0.05, 0) is 35.9 Å². The van der Waals surface area contributed by atoms with Crippen molar-refractivity contribution in [2.75, 3.05) is 11.9 Å². The maximum Gasteiger partial charge on any atom is 0.355 e. The zero-order valence-corrected chi connectivity index (χ0v) is 13.5. The summed E-state index contributed by atoms with van der Waals surface area (Å²) >= 11 is 0. The van der Waals surface area contributed by atoms with Gasteiger partial charge < -0.3 is 15.0 Å². The minimum atomic E-state index is -0.693. The lowest BCUT2D eigenvalue weighted by atomic mass is 10.1. The van der Waals surface area contributed by atoms with Crippen LogP contribution in [0.2, 0.25) is 0 Å². The Balaban J connectivity index is 1.58. The summed E-state index contributed by atoms with van der Waals surface area (Å²) in [6.07, 6.45) is 1.42. The van der Waals surface area contributed by atoms with Crippen molar-refractivity contribution in [2.45, 2.75) is 6.92 Å². The first-order valence-electron chi connectivity index (χ1n) is 7.68. The van der Waals surface area contributed by atoms with Crippen molar-refractivity contribution in [1.29, 1.82) is 0 Å². The number of benzene rings is 2. The zero-order valence-electron chi connectivity index (χ0n) is 13.5. The number of ether oxygens (including phenoxy) is 1. The van der Waals surface area contributed by atoms with Crippen molar-refractivity contribution in [1.82, 2.24) is 4.98 Å². The average molecular weight is 336 g/mol. The Morgan fingerprint density at radius 1 is 1.04 bits per heavy atom. The highest BCUT2D eigenvalue weighted by atomic mass is 16.5. The molecule has 0 aliphatic carbocycles. The SMILES string of the molecule is CC(=O)c1c[nH]c(C(=O)OCC(=O)Nc2ccc3ccccc3c2)c1. The molecular weight excluding hydrogens is 320 g/mol. The van der Waals surface area contributed by atoms with Gasteiger partial charge in [-0.2, -0.15) is 0 Å². The lowest BCUT2D eigenvalue weighted by molar-refractivity contribution is -0.119. The van der Waals surface area contributed by atoms with Gasteiger partial charge in [0.15, 0.2) is 12.4 Å². The van der Waals surface area contributed by atoms with Crippen LogP contribution >= 0.6 is 0 Å². The molecule has 1 aromatic heterocycles. The number of hydrogen-bond donors (Lipinski definition) is 2. The third-order valence-electron chi connectivity index (χ3n) is 3.68. The molecule has 2 aromatic carbocycles. The second-order valence-electron chi connectivity index (χ2n) is 5.54. The Kier molecular flexibility index (Phi) is 4.61. The number of fused-ring (bicyclic) bond motifs is 1. The largest absolute Gasteiger partial charge is 0.451 e. The normalized spacial score (nSPS) is 10.4. The molecule has 3 aromatic rings. The maximum absolute atomic E-state index is 11.9. The molecule has 0 aliphatic heterocycles. The summed E-state index contributed by atoms with van der Waals surface area (Å²) in [6, 6.07) is 14.7. The van der Waals surface area contributed by atoms with Crippen LogP contribution in [0.3, 0.4) is 0 Å². The number of carbonyl (C=O) groups is 3. The summed E-state index contributed by atoms with van der Waals surface area (Å²) in [5.74, 6) is -1.30. The molecule has 0 unspecified atom stereocenters. The van der Waals surface area contributed by atoms with E-state index in [1.165, 1.54) is 19.2 Å². The molecule has 0 saturated carbocycles. The number of anilines is 1. The minimum Gasteiger partial charge on any atom is -0.451 e. The van der Waals surface area contributed by atoms with Crippen molar-refractivity contribution in [3.8, 4) is 0 Å². The van der Waals surface area contributed by atoms with Crippen LogP contribution in [0.25, 0.3) is 10.8 Å². The molecule has 0 atom stereocenters. The van der Waals surface area contributed by atoms with E-state index in [1.807, 2.05) is 36.4 Å². The van der Waals surface area contributed by atoms with Crippen molar-refractivity contribution in [3.63, 3.8) is 0 Å². The van der Waals surface area contributed by atoms with E-state index in [0.29, 0.717) is 11.3 Å². The Bertz CT molecular complexity index is 959. The van der Waals surface area contributed by atoms with E-state index in [4.69, 9.17) is 4.74 Å². The second kappa shape index (κ2) is 7.00. The fourth-order valence-corrected chi connectivity index (χ4v) is 2.39. The Morgan fingerprint density at radius 3 is 2.52 bits per heavy atom. The van der Waals surface area contributed by atoms with E-state index in [0.717, 1.165) is 10.8 Å². The molecule has 1 amide bonds. The molecule has 0 fully saturated rings. The molecule has 6 heteroatoms. The number of esters is 1. The second-order valence-corrected chi connectivity index (χ2v) is 5.54. The first kappa shape index (κ1) is 16.4. The van der Waals surface area contributed by atoms with Gasteiger partial charge in [0, 0.05) is 17.4 Å². The number of rotatable bonds is 5. The van der Waals surface area contributed by atoms with Crippen molar-refractivity contribution in [2.24, 2.45) is 0 Å². The Morgan fingerprint density at radius 2 is 1.80 bits per heavy atom. The summed E-state index contributed by atoms with van der Waals surface area (Å²) in [4.78, 5) is 37.7. The van der Waals surface area contributed by atoms with Crippen molar-refractivity contribution >= 4 is 34.1 Å². The molecule has 0 aliphatic rings. The Labute approximate surface area is 143 Å². The number of amides is 1. The van der Waals surface area contributed by atoms with Gasteiger partial charge in [-0.15, -0.1) is 0 Å². The molecule has 126 valence electrons. The topological polar surface area (TPSA) is 88.3 Å². The van der Waals surface area contributed by atoms with Crippen molar-refractivity contribution in [3.05, 3.63) is 66.0 Å².